The SMILES string of the molecule is O=C(COc1ccc(C(=O)c2ccccc2)cc1)OCc1ccc(Cl)c(Cl)c1. The monoisotopic (exact) mass is 414 g/mol. The van der Waals surface area contributed by atoms with Gasteiger partial charge in [-0.2, -0.15) is 0 Å². The number of ketones is 1. The highest BCUT2D eigenvalue weighted by Gasteiger charge is 2.10. The van der Waals surface area contributed by atoms with Crippen molar-refractivity contribution in [1.82, 2.24) is 0 Å². The molecule has 28 heavy (non-hydrogen) atoms. The smallest absolute Gasteiger partial charge is 0.344 e. The van der Waals surface area contributed by atoms with E-state index < -0.39 is 5.97 Å². The third kappa shape index (κ3) is 5.35. The van der Waals surface area contributed by atoms with Crippen LogP contribution >= 0.6 is 23.2 Å². The van der Waals surface area contributed by atoms with Crippen LogP contribution in [0.3, 0.4) is 0 Å². The number of esters is 1. The zero-order valence-electron chi connectivity index (χ0n) is 14.7. The molecular weight excluding hydrogens is 399 g/mol. The van der Waals surface area contributed by atoms with Gasteiger partial charge >= 0.3 is 5.97 Å². The van der Waals surface area contributed by atoms with Crippen molar-refractivity contribution in [3.63, 3.8) is 0 Å². The summed E-state index contributed by atoms with van der Waals surface area (Å²) >= 11 is 11.8. The molecule has 0 aliphatic heterocycles. The molecule has 4 nitrogen and oxygen atoms in total. The maximum atomic E-state index is 12.4. The van der Waals surface area contributed by atoms with E-state index in [-0.39, 0.29) is 19.0 Å². The molecule has 0 atom stereocenters. The Hall–Kier alpha value is -2.82. The highest BCUT2D eigenvalue weighted by atomic mass is 35.5. The number of ether oxygens (including phenoxy) is 2. The molecule has 0 aliphatic rings. The van der Waals surface area contributed by atoms with Crippen molar-refractivity contribution >= 4 is 35.0 Å². The molecule has 6 heteroatoms. The van der Waals surface area contributed by atoms with E-state index in [1.807, 2.05) is 18.2 Å². The topological polar surface area (TPSA) is 52.6 Å². The van der Waals surface area contributed by atoms with Crippen molar-refractivity contribution in [2.45, 2.75) is 6.61 Å². The molecule has 0 aliphatic carbocycles. The van der Waals surface area contributed by atoms with Crippen molar-refractivity contribution in [2.24, 2.45) is 0 Å². The summed E-state index contributed by atoms with van der Waals surface area (Å²) in [7, 11) is 0. The van der Waals surface area contributed by atoms with Gasteiger partial charge < -0.3 is 9.47 Å². The van der Waals surface area contributed by atoms with Crippen LogP contribution in [0.5, 0.6) is 5.75 Å². The molecule has 0 spiro atoms. The zero-order chi connectivity index (χ0) is 19.9. The van der Waals surface area contributed by atoms with Gasteiger partial charge in [0.1, 0.15) is 12.4 Å². The lowest BCUT2D eigenvalue weighted by molar-refractivity contribution is -0.147. The first-order valence-corrected chi connectivity index (χ1v) is 9.20. The summed E-state index contributed by atoms with van der Waals surface area (Å²) in [6.45, 7) is -0.170. The summed E-state index contributed by atoms with van der Waals surface area (Å²) < 4.78 is 10.6. The lowest BCUT2D eigenvalue weighted by Crippen LogP contribution is -2.14. The quantitative estimate of drug-likeness (QED) is 0.386. The highest BCUT2D eigenvalue weighted by Crippen LogP contribution is 2.23. The number of carbonyl (C=O) groups excluding carboxylic acids is 2. The van der Waals surface area contributed by atoms with Gasteiger partial charge in [-0.25, -0.2) is 4.79 Å². The third-order valence-corrected chi connectivity index (χ3v) is 4.63. The molecule has 3 rings (SSSR count). The predicted octanol–water partition coefficient (Wildman–Crippen LogP) is 5.35. The average Bonchev–Trinajstić information content (AvgIpc) is 2.73. The van der Waals surface area contributed by atoms with Crippen LogP contribution < -0.4 is 4.74 Å². The fourth-order valence-corrected chi connectivity index (χ4v) is 2.76. The second kappa shape index (κ2) is 9.40. The minimum absolute atomic E-state index is 0.0730. The summed E-state index contributed by atoms with van der Waals surface area (Å²) in [6.07, 6.45) is 0. The second-order valence-corrected chi connectivity index (χ2v) is 6.73. The molecule has 0 amide bonds. The number of rotatable bonds is 7. The third-order valence-electron chi connectivity index (χ3n) is 3.89. The van der Waals surface area contributed by atoms with Crippen molar-refractivity contribution in [1.29, 1.82) is 0 Å². The van der Waals surface area contributed by atoms with E-state index >= 15 is 0 Å². The van der Waals surface area contributed by atoms with Crippen LogP contribution in [0, 0.1) is 0 Å². The normalized spacial score (nSPS) is 10.4. The summed E-state index contributed by atoms with van der Waals surface area (Å²) in [6, 6.07) is 20.6. The van der Waals surface area contributed by atoms with Gasteiger partial charge in [0.25, 0.3) is 0 Å². The highest BCUT2D eigenvalue weighted by molar-refractivity contribution is 6.42. The molecule has 3 aromatic carbocycles. The van der Waals surface area contributed by atoms with Crippen LogP contribution in [0.2, 0.25) is 10.0 Å². The molecule has 142 valence electrons. The largest absolute Gasteiger partial charge is 0.482 e. The van der Waals surface area contributed by atoms with Crippen molar-refractivity contribution in [3.05, 3.63) is 99.5 Å². The molecule has 0 bridgehead atoms. The first-order chi connectivity index (χ1) is 13.5. The fourth-order valence-electron chi connectivity index (χ4n) is 2.44. The van der Waals surface area contributed by atoms with E-state index in [4.69, 9.17) is 32.7 Å². The second-order valence-electron chi connectivity index (χ2n) is 5.92. The number of hydrogen-bond donors (Lipinski definition) is 0. The van der Waals surface area contributed by atoms with Crippen LogP contribution in [-0.2, 0) is 16.1 Å². The lowest BCUT2D eigenvalue weighted by Gasteiger charge is -2.08. The van der Waals surface area contributed by atoms with Crippen LogP contribution in [-0.4, -0.2) is 18.4 Å². The van der Waals surface area contributed by atoms with E-state index in [2.05, 4.69) is 0 Å². The first-order valence-electron chi connectivity index (χ1n) is 8.45. The van der Waals surface area contributed by atoms with Gasteiger partial charge in [0.2, 0.25) is 0 Å². The van der Waals surface area contributed by atoms with Gasteiger partial charge in [-0.3, -0.25) is 4.79 Å². The molecular formula is C22H16Cl2O4. The molecule has 0 saturated heterocycles. The molecule has 0 fully saturated rings. The van der Waals surface area contributed by atoms with E-state index in [0.717, 1.165) is 5.56 Å². The van der Waals surface area contributed by atoms with Crippen LogP contribution in [0.1, 0.15) is 21.5 Å². The molecule has 0 aromatic heterocycles. The van der Waals surface area contributed by atoms with Crippen LogP contribution in [0.15, 0.2) is 72.8 Å². The van der Waals surface area contributed by atoms with Gasteiger partial charge in [-0.05, 0) is 42.0 Å². The Kier molecular flexibility index (Phi) is 6.69. The minimum Gasteiger partial charge on any atom is -0.482 e. The number of hydrogen-bond acceptors (Lipinski definition) is 4. The Bertz CT molecular complexity index is 970. The number of carbonyl (C=O) groups is 2. The lowest BCUT2D eigenvalue weighted by atomic mass is 10.0. The molecule has 0 radical (unpaired) electrons. The standard InChI is InChI=1S/C22H16Cl2O4/c23-19-11-6-15(12-20(19)24)13-28-21(25)14-27-18-9-7-17(8-10-18)22(26)16-4-2-1-3-5-16/h1-12H,13-14H2. The van der Waals surface area contributed by atoms with Gasteiger partial charge in [0, 0.05) is 11.1 Å². The maximum Gasteiger partial charge on any atom is 0.344 e. The number of benzene rings is 3. The Morgan fingerprint density at radius 2 is 1.46 bits per heavy atom. The van der Waals surface area contributed by atoms with E-state index in [0.29, 0.717) is 26.9 Å². The maximum absolute atomic E-state index is 12.4. The Morgan fingerprint density at radius 3 is 2.14 bits per heavy atom. The van der Waals surface area contributed by atoms with Crippen LogP contribution in [0.4, 0.5) is 0 Å². The molecule has 0 N–H and O–H groups in total. The molecule has 3 aromatic rings. The molecule has 0 heterocycles. The van der Waals surface area contributed by atoms with Crippen LogP contribution in [0.25, 0.3) is 0 Å². The van der Waals surface area contributed by atoms with Gasteiger partial charge in [-0.15, -0.1) is 0 Å². The van der Waals surface area contributed by atoms with E-state index in [1.165, 1.54) is 0 Å². The van der Waals surface area contributed by atoms with E-state index in [1.54, 1.807) is 54.6 Å². The first kappa shape index (κ1) is 19.9. The van der Waals surface area contributed by atoms with Crippen molar-refractivity contribution < 1.29 is 19.1 Å². The molecule has 0 saturated carbocycles. The Labute approximate surface area is 172 Å². The molecule has 0 unspecified atom stereocenters. The van der Waals surface area contributed by atoms with Gasteiger partial charge in [0.15, 0.2) is 12.4 Å². The minimum atomic E-state index is -0.518. The summed E-state index contributed by atoms with van der Waals surface area (Å²) in [4.78, 5) is 24.2. The fraction of sp³-hybridized carbons (Fsp3) is 0.0909. The predicted molar refractivity (Wildman–Crippen MR) is 108 cm³/mol. The summed E-state index contributed by atoms with van der Waals surface area (Å²) in [5.41, 5.74) is 1.88. The van der Waals surface area contributed by atoms with Gasteiger partial charge in [-0.1, -0.05) is 59.6 Å². The summed E-state index contributed by atoms with van der Waals surface area (Å²) in [5, 5.41) is 0.839. The van der Waals surface area contributed by atoms with E-state index in [9.17, 15) is 9.59 Å². The van der Waals surface area contributed by atoms with Crippen molar-refractivity contribution in [2.75, 3.05) is 6.61 Å². The zero-order valence-corrected chi connectivity index (χ0v) is 16.2. The average molecular weight is 415 g/mol. The van der Waals surface area contributed by atoms with Gasteiger partial charge in [0.05, 0.1) is 10.0 Å². The van der Waals surface area contributed by atoms with Crippen molar-refractivity contribution in [3.8, 4) is 5.75 Å². The summed E-state index contributed by atoms with van der Waals surface area (Å²) in [5.74, 6) is -0.125. The Balaban J connectivity index is 1.49. The Morgan fingerprint density at radius 1 is 0.786 bits per heavy atom. The number of halogens is 2.